The number of nitrogens with one attached hydrogen (secondary N) is 1. The molecule has 0 bridgehead atoms. The van der Waals surface area contributed by atoms with Crippen LogP contribution in [0.3, 0.4) is 0 Å². The maximum Gasteiger partial charge on any atom is 0.306 e. The number of fused-ring (bicyclic) bond motifs is 1. The first-order chi connectivity index (χ1) is 27.5. The van der Waals surface area contributed by atoms with Gasteiger partial charge in [-0.3, -0.25) is 18.9 Å². The molecule has 6 atom stereocenters. The quantitative estimate of drug-likeness (QED) is 0.0717. The summed E-state index contributed by atoms with van der Waals surface area (Å²) in [5.74, 6) is -1.05. The number of rotatable bonds is 18. The predicted octanol–water partition coefficient (Wildman–Crippen LogP) is 8.82. The molecule has 2 aliphatic carbocycles. The molecule has 12 nitrogen and oxygen atoms in total. The van der Waals surface area contributed by atoms with E-state index < -0.39 is 42.0 Å². The number of pyridine rings is 1. The van der Waals surface area contributed by atoms with Gasteiger partial charge in [0.05, 0.1) is 48.4 Å². The first kappa shape index (κ1) is 43.5. The van der Waals surface area contributed by atoms with Crippen molar-refractivity contribution in [3.05, 3.63) is 55.0 Å². The van der Waals surface area contributed by atoms with Crippen LogP contribution in [0.15, 0.2) is 55.0 Å². The number of nitrogens with zero attached hydrogens (tertiary/aromatic N) is 3. The zero-order chi connectivity index (χ0) is 42.0. The molecular formula is C44H59N4O8PS. The van der Waals surface area contributed by atoms with Crippen molar-refractivity contribution in [3.63, 3.8) is 0 Å². The number of carbonyl (C=O) groups is 3. The number of aromatic nitrogens is 2. The summed E-state index contributed by atoms with van der Waals surface area (Å²) in [5.41, 5.74) is 1.21. The summed E-state index contributed by atoms with van der Waals surface area (Å²) < 4.78 is 32.1. The molecule has 1 unspecified atom stereocenters. The monoisotopic (exact) mass is 834 g/mol. The molecule has 0 spiro atoms. The van der Waals surface area contributed by atoms with Crippen LogP contribution in [-0.2, 0) is 23.7 Å². The minimum absolute atomic E-state index is 0.0125. The highest BCUT2D eigenvalue weighted by Gasteiger charge is 2.65. The molecule has 2 saturated carbocycles. The van der Waals surface area contributed by atoms with Crippen molar-refractivity contribution in [2.75, 3.05) is 25.1 Å². The van der Waals surface area contributed by atoms with Crippen LogP contribution >= 0.6 is 18.7 Å². The number of methoxy groups -OCH3 is 1. The van der Waals surface area contributed by atoms with Gasteiger partial charge in [0.25, 0.3) is 0 Å². The molecule has 1 saturated heterocycles. The average molecular weight is 835 g/mol. The van der Waals surface area contributed by atoms with Gasteiger partial charge in [-0.15, -0.1) is 24.5 Å². The molecule has 58 heavy (non-hydrogen) atoms. The summed E-state index contributed by atoms with van der Waals surface area (Å²) in [5, 5.41) is 5.59. The number of hydrogen-bond donors (Lipinski definition) is 2. The standard InChI is InChI=1S/C44H59N4O8PS/c1-9-11-18-57(52,53)44(23-28(44)10-2)24-38(49)37-20-31(25-48(37)41(51)33(43(5,6)7)21-40(50)56-29-14-12-13-15-29)55-39-22-35(36-26-58-42(47-36)45-27(3)4)46-34-19-30(54-8)16-17-32(34)39/h9-10,16-17,19,22,26-29,31,33,37H,1-2,11-15,18,20-21,23-25H2,3-8H3,(H,45,47)(H,52,53)/t28-,31-,33-,37+,44-/m1/s1. The Bertz CT molecular complexity index is 2070. The van der Waals surface area contributed by atoms with E-state index in [2.05, 4.69) is 18.5 Å². The fourth-order valence-electron chi connectivity index (χ4n) is 8.48. The Morgan fingerprint density at radius 2 is 1.86 bits per heavy atom. The van der Waals surface area contributed by atoms with Gasteiger partial charge in [0.1, 0.15) is 29.4 Å². The van der Waals surface area contributed by atoms with Gasteiger partial charge >= 0.3 is 5.97 Å². The third-order valence-electron chi connectivity index (χ3n) is 11.9. The normalized spacial score (nSPS) is 23.7. The van der Waals surface area contributed by atoms with Gasteiger partial charge in [0.2, 0.25) is 13.3 Å². The second kappa shape index (κ2) is 17.7. The Morgan fingerprint density at radius 1 is 1.12 bits per heavy atom. The van der Waals surface area contributed by atoms with Crippen molar-refractivity contribution in [3.8, 4) is 22.9 Å². The smallest absolute Gasteiger partial charge is 0.306 e. The third-order valence-corrected chi connectivity index (χ3v) is 15.6. The number of ketones is 1. The predicted molar refractivity (Wildman–Crippen MR) is 229 cm³/mol. The first-order valence-electron chi connectivity index (χ1n) is 20.4. The number of allylic oxidation sites excluding steroid dienone is 2. The van der Waals surface area contributed by atoms with E-state index in [4.69, 9.17) is 24.2 Å². The van der Waals surface area contributed by atoms with Crippen molar-refractivity contribution in [2.45, 2.75) is 122 Å². The molecule has 3 heterocycles. The first-order valence-corrected chi connectivity index (χ1v) is 23.2. The van der Waals surface area contributed by atoms with Gasteiger partial charge in [0, 0.05) is 47.9 Å². The Balaban J connectivity index is 1.34. The van der Waals surface area contributed by atoms with Gasteiger partial charge in [-0.25, -0.2) is 9.97 Å². The summed E-state index contributed by atoms with van der Waals surface area (Å²) in [4.78, 5) is 65.5. The highest BCUT2D eigenvalue weighted by Crippen LogP contribution is 2.73. The second-order valence-corrected chi connectivity index (χ2v) is 21.1. The number of anilines is 1. The van der Waals surface area contributed by atoms with Crippen LogP contribution in [0, 0.1) is 17.3 Å². The molecule has 1 amide bonds. The van der Waals surface area contributed by atoms with E-state index in [1.165, 1.54) is 11.3 Å². The van der Waals surface area contributed by atoms with E-state index in [1.807, 2.05) is 64.3 Å². The lowest BCUT2D eigenvalue weighted by Crippen LogP contribution is -2.48. The average Bonchev–Trinajstić information content (AvgIpc) is 3.57. The molecule has 2 N–H and O–H groups in total. The van der Waals surface area contributed by atoms with Gasteiger partial charge in [-0.1, -0.05) is 32.9 Å². The molecule has 2 aromatic heterocycles. The van der Waals surface area contributed by atoms with E-state index in [0.717, 1.165) is 30.8 Å². The molecule has 1 aromatic carbocycles. The number of carbonyl (C=O) groups excluding carboxylic acids is 3. The van der Waals surface area contributed by atoms with Gasteiger partial charge in [-0.05, 0) is 75.8 Å². The summed E-state index contributed by atoms with van der Waals surface area (Å²) in [7, 11) is -2.23. The number of benzene rings is 1. The second-order valence-electron chi connectivity index (χ2n) is 17.5. The van der Waals surface area contributed by atoms with Crippen LogP contribution in [0.4, 0.5) is 5.13 Å². The van der Waals surface area contributed by atoms with Crippen LogP contribution in [-0.4, -0.2) is 86.7 Å². The highest BCUT2D eigenvalue weighted by atomic mass is 32.1. The SMILES string of the molecule is C=CCCP(=O)(O)[C@@]1(CC(=O)[C@@H]2C[C@@H](Oc3cc(-c4csc(NC(C)C)n4)nc4cc(OC)ccc34)CN2C(=O)[C@@H](CC(=O)OC2CCCC2)C(C)(C)C)C[C@H]1C=C. The lowest BCUT2D eigenvalue weighted by atomic mass is 9.77. The number of Topliss-reactive ketones (excluding diaryl/α,β-unsaturated/α-hetero) is 1. The minimum atomic E-state index is -3.82. The minimum Gasteiger partial charge on any atom is -0.497 e. The lowest BCUT2D eigenvalue weighted by molar-refractivity contribution is -0.156. The van der Waals surface area contributed by atoms with Crippen molar-refractivity contribution in [2.24, 2.45) is 17.3 Å². The zero-order valence-corrected chi connectivity index (χ0v) is 36.4. The number of amides is 1. The lowest BCUT2D eigenvalue weighted by Gasteiger charge is -2.35. The van der Waals surface area contributed by atoms with Gasteiger partial charge < -0.3 is 29.3 Å². The Kier molecular flexibility index (Phi) is 13.2. The number of esters is 1. The Hall–Kier alpha value is -4.06. The van der Waals surface area contributed by atoms with Crippen molar-refractivity contribution < 1.29 is 38.1 Å². The van der Waals surface area contributed by atoms with Gasteiger partial charge in [-0.2, -0.15) is 0 Å². The van der Waals surface area contributed by atoms with Crippen molar-refractivity contribution in [1.29, 1.82) is 0 Å². The van der Waals surface area contributed by atoms with E-state index in [1.54, 1.807) is 24.2 Å². The molecule has 3 aliphatic rings. The summed E-state index contributed by atoms with van der Waals surface area (Å²) >= 11 is 1.47. The van der Waals surface area contributed by atoms with Crippen LogP contribution in [0.25, 0.3) is 22.3 Å². The molecule has 3 aromatic rings. The zero-order valence-electron chi connectivity index (χ0n) is 34.7. The third kappa shape index (κ3) is 9.53. The van der Waals surface area contributed by atoms with Gasteiger partial charge in [0.15, 0.2) is 10.9 Å². The molecule has 314 valence electrons. The number of hydrogen-bond acceptors (Lipinski definition) is 11. The van der Waals surface area contributed by atoms with Crippen LogP contribution < -0.4 is 14.8 Å². The maximum atomic E-state index is 14.9. The Morgan fingerprint density at radius 3 is 2.50 bits per heavy atom. The molecular weight excluding hydrogens is 776 g/mol. The molecule has 1 aliphatic heterocycles. The topological polar surface area (TPSA) is 157 Å². The van der Waals surface area contributed by atoms with E-state index in [0.29, 0.717) is 46.6 Å². The van der Waals surface area contributed by atoms with Crippen LogP contribution in [0.5, 0.6) is 11.5 Å². The number of likely N-dealkylation sites (tertiary alicyclic amines) is 1. The summed E-state index contributed by atoms with van der Waals surface area (Å²) in [6.45, 7) is 17.5. The van der Waals surface area contributed by atoms with Crippen LogP contribution in [0.1, 0.15) is 92.4 Å². The molecule has 3 fully saturated rings. The number of thiazole rings is 1. The number of ether oxygens (including phenoxy) is 3. The van der Waals surface area contributed by atoms with E-state index in [-0.39, 0.29) is 61.7 Å². The maximum absolute atomic E-state index is 14.9. The largest absolute Gasteiger partial charge is 0.497 e. The highest BCUT2D eigenvalue weighted by molar-refractivity contribution is 7.60. The van der Waals surface area contributed by atoms with Crippen LogP contribution in [0.2, 0.25) is 0 Å². The molecule has 6 rings (SSSR count). The molecule has 0 radical (unpaired) electrons. The van der Waals surface area contributed by atoms with Crippen molar-refractivity contribution >= 4 is 52.4 Å². The fraction of sp³-hybridized carbons (Fsp3) is 0.568. The fourth-order valence-corrected chi connectivity index (χ4v) is 11.8. The molecule has 14 heteroatoms. The van der Waals surface area contributed by atoms with Crippen molar-refractivity contribution in [1.82, 2.24) is 14.9 Å². The van der Waals surface area contributed by atoms with E-state index in [9.17, 15) is 23.8 Å². The summed E-state index contributed by atoms with van der Waals surface area (Å²) in [6.07, 6.45) is 6.68. The van der Waals surface area contributed by atoms with E-state index >= 15 is 0 Å². The summed E-state index contributed by atoms with van der Waals surface area (Å²) in [6, 6.07) is 6.59. The Labute approximate surface area is 346 Å².